The monoisotopic (exact) mass is 320 g/mol. The molecule has 0 spiro atoms. The van der Waals surface area contributed by atoms with Crippen molar-refractivity contribution in [3.05, 3.63) is 59.7 Å². The molecule has 0 fully saturated rings. The molecule has 2 aromatic rings. The SMILES string of the molecule is CCc1ccc(OCCNC(=O)Nc2c(F)cccc2F)cc1. The van der Waals surface area contributed by atoms with Crippen molar-refractivity contribution in [2.24, 2.45) is 0 Å². The molecule has 0 aromatic heterocycles. The second-order valence-corrected chi connectivity index (χ2v) is 4.82. The van der Waals surface area contributed by atoms with E-state index in [0.29, 0.717) is 5.75 Å². The van der Waals surface area contributed by atoms with E-state index < -0.39 is 23.4 Å². The molecule has 6 heteroatoms. The second kappa shape index (κ2) is 8.12. The average molecular weight is 320 g/mol. The van der Waals surface area contributed by atoms with Crippen LogP contribution in [0.5, 0.6) is 5.75 Å². The fraction of sp³-hybridized carbons (Fsp3) is 0.235. The van der Waals surface area contributed by atoms with Crippen LogP contribution in [-0.4, -0.2) is 19.2 Å². The summed E-state index contributed by atoms with van der Waals surface area (Å²) in [4.78, 5) is 11.6. The van der Waals surface area contributed by atoms with Crippen molar-refractivity contribution in [3.8, 4) is 5.75 Å². The van der Waals surface area contributed by atoms with Gasteiger partial charge in [-0.15, -0.1) is 0 Å². The van der Waals surface area contributed by atoms with Crippen LogP contribution in [0.25, 0.3) is 0 Å². The lowest BCUT2D eigenvalue weighted by Gasteiger charge is -2.10. The first-order valence-corrected chi connectivity index (χ1v) is 7.30. The summed E-state index contributed by atoms with van der Waals surface area (Å²) >= 11 is 0. The molecular formula is C17H18F2N2O2. The van der Waals surface area contributed by atoms with Crippen molar-refractivity contribution in [3.63, 3.8) is 0 Å². The Balaban J connectivity index is 1.74. The topological polar surface area (TPSA) is 50.4 Å². The molecule has 4 nitrogen and oxygen atoms in total. The van der Waals surface area contributed by atoms with Crippen molar-refractivity contribution in [1.29, 1.82) is 0 Å². The van der Waals surface area contributed by atoms with Gasteiger partial charge in [0.2, 0.25) is 0 Å². The molecule has 0 unspecified atom stereocenters. The molecule has 23 heavy (non-hydrogen) atoms. The number of aryl methyl sites for hydroxylation is 1. The number of benzene rings is 2. The molecule has 122 valence electrons. The van der Waals surface area contributed by atoms with E-state index in [9.17, 15) is 13.6 Å². The number of rotatable bonds is 6. The Morgan fingerprint density at radius 3 is 2.35 bits per heavy atom. The quantitative estimate of drug-likeness (QED) is 0.797. The van der Waals surface area contributed by atoms with Crippen LogP contribution in [-0.2, 0) is 6.42 Å². The van der Waals surface area contributed by atoms with Crippen LogP contribution < -0.4 is 15.4 Å². The van der Waals surface area contributed by atoms with E-state index in [1.165, 1.54) is 11.6 Å². The highest BCUT2D eigenvalue weighted by Crippen LogP contribution is 2.17. The third-order valence-corrected chi connectivity index (χ3v) is 3.19. The number of carbonyl (C=O) groups is 1. The lowest BCUT2D eigenvalue weighted by atomic mass is 10.2. The molecule has 0 aliphatic carbocycles. The van der Waals surface area contributed by atoms with Gasteiger partial charge in [0.05, 0.1) is 6.54 Å². The summed E-state index contributed by atoms with van der Waals surface area (Å²) < 4.78 is 32.2. The van der Waals surface area contributed by atoms with Crippen molar-refractivity contribution < 1.29 is 18.3 Å². The van der Waals surface area contributed by atoms with Gasteiger partial charge in [0, 0.05) is 0 Å². The van der Waals surface area contributed by atoms with Gasteiger partial charge in [0.1, 0.15) is 29.7 Å². The standard InChI is InChI=1S/C17H18F2N2O2/c1-2-12-6-8-13(9-7-12)23-11-10-20-17(22)21-16-14(18)4-3-5-15(16)19/h3-9H,2,10-11H2,1H3,(H2,20,21,22). The number of amides is 2. The van der Waals surface area contributed by atoms with Gasteiger partial charge >= 0.3 is 6.03 Å². The molecule has 2 amide bonds. The van der Waals surface area contributed by atoms with Crippen LogP contribution in [0, 0.1) is 11.6 Å². The van der Waals surface area contributed by atoms with Crippen molar-refractivity contribution in [1.82, 2.24) is 5.32 Å². The second-order valence-electron chi connectivity index (χ2n) is 4.82. The summed E-state index contributed by atoms with van der Waals surface area (Å²) in [7, 11) is 0. The first kappa shape index (κ1) is 16.7. The Bertz CT molecular complexity index is 640. The maximum Gasteiger partial charge on any atom is 0.319 e. The van der Waals surface area contributed by atoms with Crippen LogP contribution in [0.1, 0.15) is 12.5 Å². The third kappa shape index (κ3) is 4.95. The van der Waals surface area contributed by atoms with E-state index in [4.69, 9.17) is 4.74 Å². The molecule has 2 rings (SSSR count). The van der Waals surface area contributed by atoms with E-state index in [-0.39, 0.29) is 13.2 Å². The summed E-state index contributed by atoms with van der Waals surface area (Å²) in [6.07, 6.45) is 0.953. The normalized spacial score (nSPS) is 10.2. The zero-order valence-corrected chi connectivity index (χ0v) is 12.7. The Labute approximate surface area is 133 Å². The van der Waals surface area contributed by atoms with Gasteiger partial charge < -0.3 is 15.4 Å². The summed E-state index contributed by atoms with van der Waals surface area (Å²) in [6, 6.07) is 10.3. The maximum absolute atomic E-state index is 13.4. The Kier molecular flexibility index (Phi) is 5.91. The summed E-state index contributed by atoms with van der Waals surface area (Å²) in [5, 5.41) is 4.61. The zero-order valence-electron chi connectivity index (χ0n) is 12.7. The van der Waals surface area contributed by atoms with Gasteiger partial charge in [-0.25, -0.2) is 13.6 Å². The lowest BCUT2D eigenvalue weighted by molar-refractivity contribution is 0.247. The smallest absolute Gasteiger partial charge is 0.319 e. The molecule has 2 N–H and O–H groups in total. The minimum absolute atomic E-state index is 0.206. The highest BCUT2D eigenvalue weighted by Gasteiger charge is 2.11. The minimum Gasteiger partial charge on any atom is -0.492 e. The van der Waals surface area contributed by atoms with E-state index >= 15 is 0 Å². The zero-order chi connectivity index (χ0) is 16.7. The predicted molar refractivity (Wildman–Crippen MR) is 84.7 cm³/mol. The van der Waals surface area contributed by atoms with E-state index in [1.807, 2.05) is 24.3 Å². The first-order chi connectivity index (χ1) is 11.1. The number of para-hydroxylation sites is 1. The van der Waals surface area contributed by atoms with Gasteiger partial charge in [0.25, 0.3) is 0 Å². The minimum atomic E-state index is -0.826. The first-order valence-electron chi connectivity index (χ1n) is 7.30. The van der Waals surface area contributed by atoms with Crippen LogP contribution in [0.15, 0.2) is 42.5 Å². The Morgan fingerprint density at radius 2 is 1.74 bits per heavy atom. The van der Waals surface area contributed by atoms with Gasteiger partial charge in [-0.1, -0.05) is 25.1 Å². The van der Waals surface area contributed by atoms with Gasteiger partial charge in [-0.05, 0) is 36.2 Å². The fourth-order valence-electron chi connectivity index (χ4n) is 1.93. The van der Waals surface area contributed by atoms with Crippen molar-refractivity contribution in [2.75, 3.05) is 18.5 Å². The Hall–Kier alpha value is -2.63. The lowest BCUT2D eigenvalue weighted by Crippen LogP contribution is -2.32. The summed E-state index contributed by atoms with van der Waals surface area (Å²) in [5.74, 6) is -0.954. The molecule has 0 bridgehead atoms. The highest BCUT2D eigenvalue weighted by atomic mass is 19.1. The van der Waals surface area contributed by atoms with Crippen LogP contribution in [0.3, 0.4) is 0 Å². The molecule has 2 aromatic carbocycles. The number of halogens is 2. The van der Waals surface area contributed by atoms with Gasteiger partial charge in [-0.3, -0.25) is 0 Å². The maximum atomic E-state index is 13.4. The Morgan fingerprint density at radius 1 is 1.09 bits per heavy atom. The number of ether oxygens (including phenoxy) is 1. The molecule has 0 saturated heterocycles. The molecular weight excluding hydrogens is 302 g/mol. The number of nitrogens with one attached hydrogen (secondary N) is 2. The fourth-order valence-corrected chi connectivity index (χ4v) is 1.93. The molecule has 0 heterocycles. The molecule has 0 aliphatic rings. The highest BCUT2D eigenvalue weighted by molar-refractivity contribution is 5.89. The van der Waals surface area contributed by atoms with Gasteiger partial charge in [0.15, 0.2) is 0 Å². The molecule has 0 aliphatic heterocycles. The number of urea groups is 1. The van der Waals surface area contributed by atoms with E-state index in [0.717, 1.165) is 18.6 Å². The third-order valence-electron chi connectivity index (χ3n) is 3.19. The largest absolute Gasteiger partial charge is 0.492 e. The van der Waals surface area contributed by atoms with Crippen LogP contribution in [0.4, 0.5) is 19.3 Å². The predicted octanol–water partition coefficient (Wildman–Crippen LogP) is 3.73. The molecule has 0 saturated carbocycles. The molecule has 0 radical (unpaired) electrons. The number of anilines is 1. The molecule has 0 atom stereocenters. The average Bonchev–Trinajstić information content (AvgIpc) is 2.56. The number of hydrogen-bond acceptors (Lipinski definition) is 2. The summed E-state index contributed by atoms with van der Waals surface area (Å²) in [5.41, 5.74) is 0.739. The van der Waals surface area contributed by atoms with Crippen molar-refractivity contribution in [2.45, 2.75) is 13.3 Å². The summed E-state index contributed by atoms with van der Waals surface area (Å²) in [6.45, 7) is 2.52. The van der Waals surface area contributed by atoms with E-state index in [1.54, 1.807) is 0 Å². The van der Waals surface area contributed by atoms with Crippen molar-refractivity contribution >= 4 is 11.7 Å². The number of hydrogen-bond donors (Lipinski definition) is 2. The van der Waals surface area contributed by atoms with E-state index in [2.05, 4.69) is 17.6 Å². The van der Waals surface area contributed by atoms with Gasteiger partial charge in [-0.2, -0.15) is 0 Å². The van der Waals surface area contributed by atoms with Crippen LogP contribution >= 0.6 is 0 Å². The van der Waals surface area contributed by atoms with Crippen LogP contribution in [0.2, 0.25) is 0 Å². The number of carbonyl (C=O) groups excluding carboxylic acids is 1.